The molecule has 0 aromatic carbocycles. The van der Waals surface area contributed by atoms with E-state index in [1.54, 1.807) is 0 Å². The highest BCUT2D eigenvalue weighted by molar-refractivity contribution is 5.77. The van der Waals surface area contributed by atoms with Gasteiger partial charge in [-0.05, 0) is 6.42 Å². The Kier molecular flexibility index (Phi) is 9.43. The summed E-state index contributed by atoms with van der Waals surface area (Å²) in [6.07, 6.45) is 5.51. The van der Waals surface area contributed by atoms with Gasteiger partial charge in [0.15, 0.2) is 6.10 Å². The van der Waals surface area contributed by atoms with Crippen LogP contribution < -0.4 is 5.32 Å². The highest BCUT2D eigenvalue weighted by Gasteiger charge is 2.13. The van der Waals surface area contributed by atoms with Crippen LogP contribution in [-0.4, -0.2) is 34.7 Å². The lowest BCUT2D eigenvalue weighted by molar-refractivity contribution is -0.146. The van der Waals surface area contributed by atoms with Gasteiger partial charge in [0.05, 0.1) is 6.54 Å². The van der Waals surface area contributed by atoms with Gasteiger partial charge < -0.3 is 15.5 Å². The Hall–Kier alpha value is -1.10. The highest BCUT2D eigenvalue weighted by Crippen LogP contribution is 2.06. The largest absolute Gasteiger partial charge is 0.479 e. The van der Waals surface area contributed by atoms with Gasteiger partial charge in [0.25, 0.3) is 0 Å². The van der Waals surface area contributed by atoms with Crippen LogP contribution in [0.2, 0.25) is 0 Å². The van der Waals surface area contributed by atoms with E-state index in [2.05, 4.69) is 12.2 Å². The second-order valence-corrected chi connectivity index (χ2v) is 4.18. The van der Waals surface area contributed by atoms with Crippen molar-refractivity contribution in [2.75, 3.05) is 6.54 Å². The van der Waals surface area contributed by atoms with Crippen LogP contribution in [0.15, 0.2) is 0 Å². The number of hydrogen-bond acceptors (Lipinski definition) is 3. The molecule has 0 saturated heterocycles. The van der Waals surface area contributed by atoms with Crippen LogP contribution in [-0.2, 0) is 9.59 Å². The molecule has 100 valence electrons. The van der Waals surface area contributed by atoms with Crippen LogP contribution in [0.4, 0.5) is 0 Å². The summed E-state index contributed by atoms with van der Waals surface area (Å²) >= 11 is 0. The maximum atomic E-state index is 11.2. The number of nitrogens with one attached hydrogen (secondary N) is 1. The van der Waals surface area contributed by atoms with E-state index in [0.717, 1.165) is 19.3 Å². The van der Waals surface area contributed by atoms with Gasteiger partial charge in [-0.1, -0.05) is 39.0 Å². The average molecular weight is 245 g/mol. The Bertz CT molecular complexity index is 231. The topological polar surface area (TPSA) is 86.6 Å². The van der Waals surface area contributed by atoms with E-state index in [-0.39, 0.29) is 12.5 Å². The van der Waals surface area contributed by atoms with Crippen molar-refractivity contribution >= 4 is 11.9 Å². The average Bonchev–Trinajstić information content (AvgIpc) is 2.30. The first-order chi connectivity index (χ1) is 8.07. The number of carbonyl (C=O) groups excluding carboxylic acids is 1. The lowest BCUT2D eigenvalue weighted by Gasteiger charge is -2.07. The number of rotatable bonds is 10. The van der Waals surface area contributed by atoms with E-state index in [4.69, 9.17) is 10.2 Å². The molecule has 0 aromatic heterocycles. The minimum atomic E-state index is -1.51. The van der Waals surface area contributed by atoms with Gasteiger partial charge in [0.1, 0.15) is 0 Å². The first-order valence-corrected chi connectivity index (χ1v) is 6.25. The monoisotopic (exact) mass is 245 g/mol. The van der Waals surface area contributed by atoms with Crippen molar-refractivity contribution < 1.29 is 19.8 Å². The fourth-order valence-corrected chi connectivity index (χ4v) is 1.45. The molecule has 0 aliphatic rings. The summed E-state index contributed by atoms with van der Waals surface area (Å²) in [6, 6.07) is 0. The van der Waals surface area contributed by atoms with Crippen LogP contribution >= 0.6 is 0 Å². The minimum absolute atomic E-state index is 0.194. The molecule has 1 atom stereocenters. The highest BCUT2D eigenvalue weighted by atomic mass is 16.4. The number of carbonyl (C=O) groups is 2. The number of aliphatic carboxylic acids is 1. The quantitative estimate of drug-likeness (QED) is 0.506. The molecule has 17 heavy (non-hydrogen) atoms. The lowest BCUT2D eigenvalue weighted by atomic mass is 10.1. The first kappa shape index (κ1) is 15.9. The second-order valence-electron chi connectivity index (χ2n) is 4.18. The number of unbranched alkanes of at least 4 members (excludes halogenated alkanes) is 5. The van der Waals surface area contributed by atoms with Gasteiger partial charge in [-0.3, -0.25) is 4.79 Å². The molecule has 0 heterocycles. The molecule has 1 amide bonds. The molecule has 5 nitrogen and oxygen atoms in total. The predicted molar refractivity (Wildman–Crippen MR) is 64.6 cm³/mol. The van der Waals surface area contributed by atoms with Crippen molar-refractivity contribution in [3.05, 3.63) is 0 Å². The molecule has 0 bridgehead atoms. The number of aliphatic hydroxyl groups is 1. The third kappa shape index (κ3) is 9.81. The van der Waals surface area contributed by atoms with Crippen molar-refractivity contribution in [2.45, 2.75) is 58.0 Å². The second kappa shape index (κ2) is 10.1. The maximum absolute atomic E-state index is 11.2. The maximum Gasteiger partial charge on any atom is 0.334 e. The third-order valence-electron chi connectivity index (χ3n) is 2.54. The van der Waals surface area contributed by atoms with Gasteiger partial charge in [-0.2, -0.15) is 0 Å². The molecule has 0 aliphatic heterocycles. The van der Waals surface area contributed by atoms with Gasteiger partial charge in [-0.15, -0.1) is 0 Å². The standard InChI is InChI=1S/C12H23NO4/c1-2-3-4-5-6-7-8-11(15)13-9-10(14)12(16)17/h10,14H,2-9H2,1H3,(H,13,15)(H,16,17). The predicted octanol–water partition coefficient (Wildman–Crippen LogP) is 1.30. The number of aliphatic hydroxyl groups excluding tert-OH is 1. The Morgan fingerprint density at radius 3 is 2.29 bits per heavy atom. The van der Waals surface area contributed by atoms with Crippen molar-refractivity contribution in [2.24, 2.45) is 0 Å². The molecule has 0 spiro atoms. The van der Waals surface area contributed by atoms with Crippen molar-refractivity contribution in [1.82, 2.24) is 5.32 Å². The summed E-state index contributed by atoms with van der Waals surface area (Å²) in [5.41, 5.74) is 0. The van der Waals surface area contributed by atoms with Gasteiger partial charge in [0, 0.05) is 6.42 Å². The van der Waals surface area contributed by atoms with E-state index < -0.39 is 12.1 Å². The molecule has 0 saturated carbocycles. The lowest BCUT2D eigenvalue weighted by Crippen LogP contribution is -2.36. The fraction of sp³-hybridized carbons (Fsp3) is 0.833. The zero-order valence-electron chi connectivity index (χ0n) is 10.4. The van der Waals surface area contributed by atoms with E-state index >= 15 is 0 Å². The smallest absolute Gasteiger partial charge is 0.334 e. The van der Waals surface area contributed by atoms with Gasteiger partial charge in [-0.25, -0.2) is 4.79 Å². The van der Waals surface area contributed by atoms with Crippen molar-refractivity contribution in [1.29, 1.82) is 0 Å². The molecule has 0 radical (unpaired) electrons. The molecule has 3 N–H and O–H groups in total. The molecule has 5 heteroatoms. The zero-order chi connectivity index (χ0) is 13.1. The molecule has 0 aromatic rings. The van der Waals surface area contributed by atoms with E-state index in [1.807, 2.05) is 0 Å². The number of carboxylic acids is 1. The normalized spacial score (nSPS) is 12.1. The molecule has 0 rings (SSSR count). The summed E-state index contributed by atoms with van der Waals surface area (Å²) < 4.78 is 0. The molecular formula is C12H23NO4. The fourth-order valence-electron chi connectivity index (χ4n) is 1.45. The van der Waals surface area contributed by atoms with Crippen LogP contribution in [0, 0.1) is 0 Å². The SMILES string of the molecule is CCCCCCCCC(=O)NCC(O)C(=O)O. The first-order valence-electron chi connectivity index (χ1n) is 6.25. The Morgan fingerprint density at radius 2 is 1.71 bits per heavy atom. The zero-order valence-corrected chi connectivity index (χ0v) is 10.4. The Labute approximate surface area is 102 Å². The van der Waals surface area contributed by atoms with E-state index in [1.165, 1.54) is 19.3 Å². The number of amides is 1. The van der Waals surface area contributed by atoms with Crippen molar-refractivity contribution in [3.63, 3.8) is 0 Å². The van der Waals surface area contributed by atoms with E-state index in [0.29, 0.717) is 6.42 Å². The third-order valence-corrected chi connectivity index (χ3v) is 2.54. The number of hydrogen-bond donors (Lipinski definition) is 3. The minimum Gasteiger partial charge on any atom is -0.479 e. The Balaban J connectivity index is 3.38. The van der Waals surface area contributed by atoms with Gasteiger partial charge >= 0.3 is 5.97 Å². The molecular weight excluding hydrogens is 222 g/mol. The summed E-state index contributed by atoms with van der Waals surface area (Å²) in [5.74, 6) is -1.51. The van der Waals surface area contributed by atoms with E-state index in [9.17, 15) is 9.59 Å². The Morgan fingerprint density at radius 1 is 1.12 bits per heavy atom. The van der Waals surface area contributed by atoms with Crippen LogP contribution in [0.5, 0.6) is 0 Å². The van der Waals surface area contributed by atoms with Crippen molar-refractivity contribution in [3.8, 4) is 0 Å². The van der Waals surface area contributed by atoms with Crippen LogP contribution in [0.1, 0.15) is 51.9 Å². The van der Waals surface area contributed by atoms with Gasteiger partial charge in [0.2, 0.25) is 5.91 Å². The summed E-state index contributed by atoms with van der Waals surface area (Å²) in [7, 11) is 0. The number of carboxylic acid groups (broad SMARTS) is 1. The summed E-state index contributed by atoms with van der Waals surface area (Å²) in [6.45, 7) is 1.94. The molecule has 0 fully saturated rings. The summed E-state index contributed by atoms with van der Waals surface area (Å²) in [5, 5.41) is 19.7. The van der Waals surface area contributed by atoms with Crippen LogP contribution in [0.25, 0.3) is 0 Å². The molecule has 1 unspecified atom stereocenters. The molecule has 0 aliphatic carbocycles. The van der Waals surface area contributed by atoms with Crippen LogP contribution in [0.3, 0.4) is 0 Å². The summed E-state index contributed by atoms with van der Waals surface area (Å²) in [4.78, 5) is 21.5.